The summed E-state index contributed by atoms with van der Waals surface area (Å²) in [5.41, 5.74) is 35.4. The van der Waals surface area contributed by atoms with E-state index in [-0.39, 0.29) is 63.1 Å². The number of fused-ring (bicyclic) bond motifs is 4. The summed E-state index contributed by atoms with van der Waals surface area (Å²) in [6, 6.07) is 50.0. The van der Waals surface area contributed by atoms with Gasteiger partial charge in [0.05, 0.1) is 71.3 Å². The molecule has 37 nitrogen and oxygen atoms in total. The molecule has 150 heavy (non-hydrogen) atoms. The van der Waals surface area contributed by atoms with Crippen LogP contribution in [-0.2, 0) is 44.8 Å². The molecule has 1 unspecified atom stereocenters. The van der Waals surface area contributed by atoms with Gasteiger partial charge in [-0.1, -0.05) is 12.8 Å². The molecule has 0 bridgehead atoms. The fraction of sp³-hybridized carbons (Fsp3) is 0.224. The predicted molar refractivity (Wildman–Crippen MR) is 555 cm³/mol. The molecule has 10 N–H and O–H groups in total. The van der Waals surface area contributed by atoms with Crippen molar-refractivity contribution in [2.75, 3.05) is 55.2 Å². The zero-order valence-corrected chi connectivity index (χ0v) is 83.1. The molecule has 13 heterocycles. The third-order valence-corrected chi connectivity index (χ3v) is 25.9. The molecule has 12 aromatic heterocycles. The second kappa shape index (κ2) is 46.1. The Bertz CT molecular complexity index is 8140. The van der Waals surface area contributed by atoms with Crippen molar-refractivity contribution in [2.45, 2.75) is 117 Å². The van der Waals surface area contributed by atoms with Gasteiger partial charge in [0.15, 0.2) is 22.6 Å². The summed E-state index contributed by atoms with van der Waals surface area (Å²) < 4.78 is 118. The first-order valence-corrected chi connectivity index (χ1v) is 49.0. The number of hydrogen-bond acceptors (Lipinski definition) is 33. The molecule has 2 fully saturated rings. The normalized spacial score (nSPS) is 12.8. The lowest BCUT2D eigenvalue weighted by atomic mass is 10.1. The molecular formula is C107H99ClF4N26O11S. The second-order valence-corrected chi connectivity index (χ2v) is 36.8. The van der Waals surface area contributed by atoms with Gasteiger partial charge < -0.3 is 80.3 Å². The minimum Gasteiger partial charge on any atom is -0.489 e. The highest BCUT2D eigenvalue weighted by molar-refractivity contribution is 7.11. The Balaban J connectivity index is 0.000000125. The number of aliphatic hydroxyl groups excluding tert-OH is 2. The number of nitrogens with two attached hydrogens (primary N) is 4. The summed E-state index contributed by atoms with van der Waals surface area (Å²) in [5.74, 6) is 6.54. The fourth-order valence-electron chi connectivity index (χ4n) is 17.0. The van der Waals surface area contributed by atoms with Gasteiger partial charge in [-0.15, -0.1) is 22.9 Å². The first kappa shape index (κ1) is 101. The molecule has 1 saturated carbocycles. The minimum absolute atomic E-state index is 0.0922. The van der Waals surface area contributed by atoms with Crippen LogP contribution in [0, 0.1) is 51.0 Å². The molecule has 764 valence electrons. The fourth-order valence-corrected chi connectivity index (χ4v) is 18.0. The molecule has 43 heteroatoms. The van der Waals surface area contributed by atoms with Gasteiger partial charge in [-0.3, -0.25) is 0 Å². The molecule has 0 radical (unpaired) electrons. The van der Waals surface area contributed by atoms with Crippen LogP contribution in [0.5, 0.6) is 69.0 Å². The lowest BCUT2D eigenvalue weighted by Crippen LogP contribution is -2.20. The van der Waals surface area contributed by atoms with E-state index in [1.54, 1.807) is 144 Å². The van der Waals surface area contributed by atoms with Crippen molar-refractivity contribution in [1.82, 2.24) is 108 Å². The van der Waals surface area contributed by atoms with Gasteiger partial charge in [-0.25, -0.2) is 101 Å². The van der Waals surface area contributed by atoms with Crippen LogP contribution in [0.4, 0.5) is 40.8 Å². The number of thiophene rings is 1. The van der Waals surface area contributed by atoms with E-state index < -0.39 is 29.3 Å². The molecule has 1 atom stereocenters. The maximum absolute atomic E-state index is 14.3. The van der Waals surface area contributed by atoms with Crippen molar-refractivity contribution in [3.8, 4) is 114 Å². The molecule has 1 aliphatic carbocycles. The average Bonchev–Trinajstić information content (AvgIpc) is 1.13. The Labute approximate surface area is 863 Å². The lowest BCUT2D eigenvalue weighted by molar-refractivity contribution is 0.0674. The van der Waals surface area contributed by atoms with E-state index >= 15 is 0 Å². The molecule has 1 saturated heterocycles. The lowest BCUT2D eigenvalue weighted by Gasteiger charge is -2.22. The van der Waals surface area contributed by atoms with E-state index in [0.29, 0.717) is 168 Å². The van der Waals surface area contributed by atoms with Crippen molar-refractivity contribution < 1.29 is 70.4 Å². The monoisotopic (exact) mass is 2070 g/mol. The number of aliphatic hydroxyl groups is 2. The summed E-state index contributed by atoms with van der Waals surface area (Å²) in [6.07, 6.45) is 20.3. The predicted octanol–water partition coefficient (Wildman–Crippen LogP) is 20.2. The van der Waals surface area contributed by atoms with Gasteiger partial charge in [-0.05, 0) is 163 Å². The first-order valence-electron chi connectivity index (χ1n) is 47.7. The number of nitrogens with zero attached hydrogens (tertiary/aromatic N) is 22. The quantitative estimate of drug-likeness (QED) is 0.0174. The summed E-state index contributed by atoms with van der Waals surface area (Å²) in [7, 11) is 1.91. The van der Waals surface area contributed by atoms with Crippen molar-refractivity contribution in [1.29, 1.82) is 0 Å². The van der Waals surface area contributed by atoms with Crippen LogP contribution in [0.25, 0.3) is 89.2 Å². The van der Waals surface area contributed by atoms with Crippen LogP contribution >= 0.6 is 22.9 Å². The smallest absolute Gasteiger partial charge is 0.164 e. The Hall–Kier alpha value is -17.5. The summed E-state index contributed by atoms with van der Waals surface area (Å²) in [5, 5.41) is 40.7. The number of benzene rings is 8. The second-order valence-electron chi connectivity index (χ2n) is 35.1. The summed E-state index contributed by atoms with van der Waals surface area (Å²) in [4.78, 5) is 57.1. The van der Waals surface area contributed by atoms with E-state index in [1.165, 1.54) is 91.6 Å². The van der Waals surface area contributed by atoms with Crippen LogP contribution in [0.2, 0.25) is 0 Å². The van der Waals surface area contributed by atoms with E-state index in [1.807, 2.05) is 90.3 Å². The third-order valence-electron chi connectivity index (χ3n) is 24.6. The number of alkyl halides is 1. The number of hydrogen-bond donors (Lipinski definition) is 6. The Morgan fingerprint density at radius 1 is 0.393 bits per heavy atom. The molecular weight excluding hydrogens is 1970 g/mol. The van der Waals surface area contributed by atoms with Gasteiger partial charge in [-0.2, -0.15) is 20.4 Å². The standard InChI is InChI=1S/C28H28FN7O3.C28H26FN7O2.C26H23ClFN5O3S.C25H22FN7O3/c1-17-31-14-21(35(17)2)15-38-23-11-19(29)12-24(13-23)39-22-5-3-18(4-6-22)26-25-27(30)32-16-33-28(25)36(34-26)20-7-9-37-10-8-20;1-17-31-13-18(14-32-17)15-37-23-10-20(29)11-24(12-23)38-22-8-6-19(7-9-22)26-25-27(30)33-16-34-28(25)36(35-26)21-4-2-3-5-21;1-15-2-7-22(37-15)13-35-20-8-17(28)9-21(10-20)36-19-5-3-16(4-6-19)24-23-25(29)30-14-31-26(23)33(32-24)18(11-27)12-34;1-15-28-11-16(12-29-15)13-35-20-8-18(26)9-21(10-20)36-19-4-2-17(3-5-19)23-22-24(27)30-14-31-25(22)33(32-23)6-7-34/h3-6,11-14,16,20H,7-10,15H2,1-2H3,(H2,30,32,33);6-14,16,21H,2-5,15H2,1H3,(H2,30,33,34);2-10,14,18,34H,11-13H2,1H3,(H2,29,30,31);2-5,8-12,14,34H,6-7,13H2,1H3,(H2,27,30,31). The number of rotatable bonds is 31. The van der Waals surface area contributed by atoms with E-state index in [0.717, 1.165) is 92.2 Å². The Kier molecular flexibility index (Phi) is 31.1. The van der Waals surface area contributed by atoms with Gasteiger partial charge >= 0.3 is 0 Å². The molecule has 2 aliphatic rings. The van der Waals surface area contributed by atoms with Gasteiger partial charge in [0.25, 0.3) is 0 Å². The SMILES string of the molecule is Cc1ccc(COc2cc(F)cc(Oc3ccc(-c4nn(C(CO)CCl)c5ncnc(N)c45)cc3)c2)s1.Cc1ncc(COc2cc(F)cc(Oc3ccc(-c4nn(C5CCCC5)c5ncnc(N)c45)cc3)c2)cn1.Cc1ncc(COc2cc(F)cc(Oc3ccc(-c4nn(C5CCOCC5)c5ncnc(N)c45)cc3)c2)n1C.Cc1ncc(COc2cc(F)cc(Oc3ccc(-c4nn(CCO)c5ncnc(N)c45)cc3)c2)cn1. The maximum Gasteiger partial charge on any atom is 0.164 e. The van der Waals surface area contributed by atoms with Crippen LogP contribution < -0.4 is 60.8 Å². The van der Waals surface area contributed by atoms with Crippen molar-refractivity contribution >= 4 is 90.3 Å². The molecule has 20 aromatic rings. The molecule has 8 aromatic carbocycles. The zero-order valence-electron chi connectivity index (χ0n) is 81.6. The summed E-state index contributed by atoms with van der Waals surface area (Å²) in [6.45, 7) is 9.90. The number of ether oxygens (including phenoxy) is 9. The first-order chi connectivity index (χ1) is 72.9. The maximum atomic E-state index is 14.3. The summed E-state index contributed by atoms with van der Waals surface area (Å²) >= 11 is 7.66. The highest BCUT2D eigenvalue weighted by Crippen LogP contribution is 2.43. The van der Waals surface area contributed by atoms with Crippen molar-refractivity contribution in [3.05, 3.63) is 306 Å². The number of nitrogen functional groups attached to an aromatic ring is 4. The third kappa shape index (κ3) is 23.9. The number of aryl methyl sites for hydroxylation is 4. The largest absolute Gasteiger partial charge is 0.489 e. The highest BCUT2D eigenvalue weighted by atomic mass is 35.5. The molecule has 22 rings (SSSR count). The van der Waals surface area contributed by atoms with Crippen molar-refractivity contribution in [3.63, 3.8) is 0 Å². The molecule has 1 aliphatic heterocycles. The highest BCUT2D eigenvalue weighted by Gasteiger charge is 2.29. The van der Waals surface area contributed by atoms with Crippen LogP contribution in [0.15, 0.2) is 238 Å². The minimum atomic E-state index is -0.490. The average molecular weight is 2070 g/mol. The zero-order chi connectivity index (χ0) is 104. The van der Waals surface area contributed by atoms with Gasteiger partial charge in [0.2, 0.25) is 0 Å². The Morgan fingerprint density at radius 3 is 1.13 bits per heavy atom. The number of imidazole rings is 1. The number of halogens is 5. The van der Waals surface area contributed by atoms with Gasteiger partial charge in [0.1, 0.15) is 208 Å². The molecule has 0 spiro atoms. The van der Waals surface area contributed by atoms with E-state index in [9.17, 15) is 27.8 Å². The molecule has 0 amide bonds. The van der Waals surface area contributed by atoms with Crippen molar-refractivity contribution in [2.24, 2.45) is 7.05 Å². The Morgan fingerprint density at radius 2 is 0.753 bits per heavy atom. The number of aromatic nitrogens is 22. The number of anilines is 4. The van der Waals surface area contributed by atoms with Crippen LogP contribution in [-0.4, -0.2) is 151 Å². The van der Waals surface area contributed by atoms with E-state index in [4.69, 9.17) is 87.4 Å². The van der Waals surface area contributed by atoms with Crippen LogP contribution in [0.1, 0.15) is 101 Å². The van der Waals surface area contributed by atoms with Crippen LogP contribution in [0.3, 0.4) is 0 Å². The van der Waals surface area contributed by atoms with Gasteiger partial charge in [0, 0.05) is 167 Å². The van der Waals surface area contributed by atoms with E-state index in [2.05, 4.69) is 75.0 Å². The topological polar surface area (TPSA) is 471 Å².